The maximum absolute atomic E-state index is 6.40. The number of rotatable bonds is 2. The molecule has 0 fully saturated rings. The molecule has 3 rings (SSSR count). The van der Waals surface area contributed by atoms with E-state index in [1.807, 2.05) is 0 Å². The molecule has 1 heteroatoms. The predicted octanol–water partition coefficient (Wildman–Crippen LogP) is 3.68. The Kier molecular flexibility index (Phi) is 3.02. The lowest BCUT2D eigenvalue weighted by atomic mass is 9.89. The number of fused-ring (bicyclic) bond motifs is 1. The number of aryl methyl sites for hydroxylation is 2. The molecule has 0 aliphatic heterocycles. The first-order chi connectivity index (χ1) is 8.34. The Morgan fingerprint density at radius 1 is 0.941 bits per heavy atom. The summed E-state index contributed by atoms with van der Waals surface area (Å²) in [6.45, 7) is 0. The lowest BCUT2D eigenvalue weighted by Crippen LogP contribution is -2.15. The maximum Gasteiger partial charge on any atom is 0.0511 e. The van der Waals surface area contributed by atoms with Crippen LogP contribution < -0.4 is 5.73 Å². The van der Waals surface area contributed by atoms with Gasteiger partial charge in [-0.1, -0.05) is 29.8 Å². The third kappa shape index (κ3) is 2.16. The highest BCUT2D eigenvalue weighted by atomic mass is 14.6. The smallest absolute Gasteiger partial charge is 0.0511 e. The standard InChI is InChI=1S/C16H21N/c17-16(13-5-2-1-3-6-13)15-10-9-12-7-4-8-14(12)11-15/h5,9-11,16H,1-4,6-8,17H2. The average molecular weight is 227 g/mol. The van der Waals surface area contributed by atoms with Crippen molar-refractivity contribution >= 4 is 0 Å². The number of allylic oxidation sites excluding steroid dienone is 1. The van der Waals surface area contributed by atoms with Gasteiger partial charge < -0.3 is 5.73 Å². The normalized spacial score (nSPS) is 20.9. The van der Waals surface area contributed by atoms with Crippen LogP contribution in [-0.4, -0.2) is 0 Å². The molecule has 0 aromatic heterocycles. The largest absolute Gasteiger partial charge is 0.321 e. The molecule has 0 saturated heterocycles. The van der Waals surface area contributed by atoms with Crippen molar-refractivity contribution in [2.24, 2.45) is 5.73 Å². The van der Waals surface area contributed by atoms with Crippen LogP contribution in [0.15, 0.2) is 29.8 Å². The van der Waals surface area contributed by atoms with Crippen LogP contribution >= 0.6 is 0 Å². The molecule has 0 saturated carbocycles. The fraction of sp³-hybridized carbons (Fsp3) is 0.500. The van der Waals surface area contributed by atoms with E-state index in [2.05, 4.69) is 24.3 Å². The monoisotopic (exact) mass is 227 g/mol. The van der Waals surface area contributed by atoms with E-state index in [1.165, 1.54) is 61.6 Å². The zero-order valence-electron chi connectivity index (χ0n) is 10.4. The van der Waals surface area contributed by atoms with Gasteiger partial charge in [0, 0.05) is 0 Å². The van der Waals surface area contributed by atoms with Gasteiger partial charge in [-0.25, -0.2) is 0 Å². The molecule has 1 unspecified atom stereocenters. The van der Waals surface area contributed by atoms with E-state index < -0.39 is 0 Å². The molecule has 1 aromatic carbocycles. The molecule has 17 heavy (non-hydrogen) atoms. The molecule has 2 aliphatic carbocycles. The fourth-order valence-corrected chi connectivity index (χ4v) is 3.14. The van der Waals surface area contributed by atoms with Crippen molar-refractivity contribution in [3.05, 3.63) is 46.5 Å². The molecular formula is C16H21N. The van der Waals surface area contributed by atoms with Crippen molar-refractivity contribution in [2.45, 2.75) is 51.0 Å². The van der Waals surface area contributed by atoms with Crippen LogP contribution in [0.25, 0.3) is 0 Å². The first kappa shape index (κ1) is 11.0. The molecule has 1 atom stereocenters. The van der Waals surface area contributed by atoms with Gasteiger partial charge in [0.05, 0.1) is 6.04 Å². The summed E-state index contributed by atoms with van der Waals surface area (Å²) in [5, 5.41) is 0. The van der Waals surface area contributed by atoms with Gasteiger partial charge in [-0.2, -0.15) is 0 Å². The Bertz CT molecular complexity index is 445. The third-order valence-electron chi connectivity index (χ3n) is 4.21. The maximum atomic E-state index is 6.40. The minimum absolute atomic E-state index is 0.140. The van der Waals surface area contributed by atoms with Crippen molar-refractivity contribution in [3.8, 4) is 0 Å². The summed E-state index contributed by atoms with van der Waals surface area (Å²) in [7, 11) is 0. The van der Waals surface area contributed by atoms with E-state index in [0.717, 1.165) is 0 Å². The van der Waals surface area contributed by atoms with Crippen LogP contribution in [0.2, 0.25) is 0 Å². The Morgan fingerprint density at radius 3 is 2.65 bits per heavy atom. The highest BCUT2D eigenvalue weighted by molar-refractivity contribution is 5.39. The van der Waals surface area contributed by atoms with Crippen LogP contribution in [0.3, 0.4) is 0 Å². The van der Waals surface area contributed by atoms with Crippen LogP contribution in [-0.2, 0) is 12.8 Å². The van der Waals surface area contributed by atoms with E-state index in [-0.39, 0.29) is 6.04 Å². The first-order valence-corrected chi connectivity index (χ1v) is 6.91. The van der Waals surface area contributed by atoms with Crippen molar-refractivity contribution in [1.82, 2.24) is 0 Å². The van der Waals surface area contributed by atoms with E-state index in [1.54, 1.807) is 5.56 Å². The van der Waals surface area contributed by atoms with Gasteiger partial charge in [0.1, 0.15) is 0 Å². The van der Waals surface area contributed by atoms with Crippen molar-refractivity contribution in [1.29, 1.82) is 0 Å². The first-order valence-electron chi connectivity index (χ1n) is 6.91. The van der Waals surface area contributed by atoms with Crippen LogP contribution in [0, 0.1) is 0 Å². The summed E-state index contributed by atoms with van der Waals surface area (Å²) in [5.41, 5.74) is 12.2. The van der Waals surface area contributed by atoms with Gasteiger partial charge in [0.25, 0.3) is 0 Å². The van der Waals surface area contributed by atoms with E-state index in [0.29, 0.717) is 0 Å². The van der Waals surface area contributed by atoms with Gasteiger partial charge in [-0.3, -0.25) is 0 Å². The van der Waals surface area contributed by atoms with Crippen LogP contribution in [0.1, 0.15) is 54.8 Å². The second-order valence-corrected chi connectivity index (χ2v) is 5.38. The van der Waals surface area contributed by atoms with E-state index >= 15 is 0 Å². The van der Waals surface area contributed by atoms with Crippen LogP contribution in [0.5, 0.6) is 0 Å². The Labute approximate surface area is 104 Å². The number of benzene rings is 1. The average Bonchev–Trinajstić information content (AvgIpc) is 2.86. The Morgan fingerprint density at radius 2 is 1.82 bits per heavy atom. The molecular weight excluding hydrogens is 206 g/mol. The summed E-state index contributed by atoms with van der Waals surface area (Å²) >= 11 is 0. The molecule has 0 amide bonds. The summed E-state index contributed by atoms with van der Waals surface area (Å²) in [4.78, 5) is 0. The van der Waals surface area contributed by atoms with Gasteiger partial charge in [-0.15, -0.1) is 0 Å². The van der Waals surface area contributed by atoms with Crippen LogP contribution in [0.4, 0.5) is 0 Å². The highest BCUT2D eigenvalue weighted by Crippen LogP contribution is 2.31. The van der Waals surface area contributed by atoms with Crippen molar-refractivity contribution in [2.75, 3.05) is 0 Å². The Hall–Kier alpha value is -1.08. The molecule has 2 N–H and O–H groups in total. The zero-order chi connectivity index (χ0) is 11.7. The minimum Gasteiger partial charge on any atom is -0.321 e. The molecule has 0 spiro atoms. The molecule has 0 heterocycles. The summed E-state index contributed by atoms with van der Waals surface area (Å²) in [6, 6.07) is 7.02. The van der Waals surface area contributed by atoms with Gasteiger partial charge in [-0.05, 0) is 61.6 Å². The Balaban J connectivity index is 1.86. The number of hydrogen-bond donors (Lipinski definition) is 1. The summed E-state index contributed by atoms with van der Waals surface area (Å²) in [6.07, 6.45) is 11.2. The molecule has 0 radical (unpaired) electrons. The summed E-state index contributed by atoms with van der Waals surface area (Å²) < 4.78 is 0. The lowest BCUT2D eigenvalue weighted by Gasteiger charge is -2.20. The second-order valence-electron chi connectivity index (χ2n) is 5.38. The van der Waals surface area contributed by atoms with Crippen molar-refractivity contribution < 1.29 is 0 Å². The molecule has 1 nitrogen and oxygen atoms in total. The predicted molar refractivity (Wildman–Crippen MR) is 71.9 cm³/mol. The van der Waals surface area contributed by atoms with Gasteiger partial charge in [0.2, 0.25) is 0 Å². The second kappa shape index (κ2) is 4.66. The number of hydrogen-bond acceptors (Lipinski definition) is 1. The molecule has 0 bridgehead atoms. The molecule has 2 aliphatic rings. The van der Waals surface area contributed by atoms with E-state index in [9.17, 15) is 0 Å². The quantitative estimate of drug-likeness (QED) is 0.766. The van der Waals surface area contributed by atoms with Gasteiger partial charge in [0.15, 0.2) is 0 Å². The highest BCUT2D eigenvalue weighted by Gasteiger charge is 2.17. The number of nitrogens with two attached hydrogens (primary N) is 1. The SMILES string of the molecule is NC(C1=CCCCC1)c1ccc2c(c1)CCC2. The van der Waals surface area contributed by atoms with Crippen molar-refractivity contribution in [3.63, 3.8) is 0 Å². The third-order valence-corrected chi connectivity index (χ3v) is 4.21. The fourth-order valence-electron chi connectivity index (χ4n) is 3.14. The van der Waals surface area contributed by atoms with E-state index in [4.69, 9.17) is 5.73 Å². The lowest BCUT2D eigenvalue weighted by molar-refractivity contribution is 0.648. The van der Waals surface area contributed by atoms with Gasteiger partial charge >= 0.3 is 0 Å². The zero-order valence-corrected chi connectivity index (χ0v) is 10.4. The minimum atomic E-state index is 0.140. The summed E-state index contributed by atoms with van der Waals surface area (Å²) in [5.74, 6) is 0. The molecule has 1 aromatic rings. The topological polar surface area (TPSA) is 26.0 Å². The molecule has 90 valence electrons.